The van der Waals surface area contributed by atoms with E-state index in [0.717, 1.165) is 57.8 Å². The van der Waals surface area contributed by atoms with Gasteiger partial charge in [-0.2, -0.15) is 0 Å². The lowest BCUT2D eigenvalue weighted by molar-refractivity contribution is -0.305. The summed E-state index contributed by atoms with van der Waals surface area (Å²) in [5.74, 6) is -1.17. The Hall–Kier alpha value is -1.60. The quantitative estimate of drug-likeness (QED) is 0.0195. The summed E-state index contributed by atoms with van der Waals surface area (Å²) in [5.41, 5.74) is 0. The summed E-state index contributed by atoms with van der Waals surface area (Å²) in [6, 6.07) is -1.02. The first-order valence-corrected chi connectivity index (χ1v) is 33.5. The van der Waals surface area contributed by atoms with Crippen LogP contribution >= 0.6 is 0 Å². The van der Waals surface area contributed by atoms with Gasteiger partial charge in [-0.15, -0.1) is 0 Å². The second kappa shape index (κ2) is 55.0. The minimum Gasteiger partial charge on any atom is -0.454 e. The van der Waals surface area contributed by atoms with Crippen molar-refractivity contribution in [2.75, 3.05) is 13.2 Å². The van der Waals surface area contributed by atoms with E-state index in [2.05, 4.69) is 26.1 Å². The lowest BCUT2D eigenvalue weighted by Crippen LogP contribution is -2.61. The Balaban J connectivity index is 2.58. The molecule has 1 rings (SSSR count). The first-order valence-electron chi connectivity index (χ1n) is 33.5. The van der Waals surface area contributed by atoms with Crippen molar-refractivity contribution in [3.05, 3.63) is 12.2 Å². The Bertz CT molecular complexity index is 1300. The van der Waals surface area contributed by atoms with Crippen molar-refractivity contribution in [1.29, 1.82) is 0 Å². The fourth-order valence-corrected chi connectivity index (χ4v) is 10.9. The third kappa shape index (κ3) is 42.9. The molecule has 1 saturated heterocycles. The number of ether oxygens (including phenoxy) is 3. The van der Waals surface area contributed by atoms with Crippen LogP contribution < -0.4 is 5.32 Å². The van der Waals surface area contributed by atoms with Crippen molar-refractivity contribution in [3.63, 3.8) is 0 Å². The van der Waals surface area contributed by atoms with Crippen LogP contribution in [-0.2, 0) is 23.8 Å². The zero-order valence-corrected chi connectivity index (χ0v) is 50.6. The largest absolute Gasteiger partial charge is 0.454 e. The molecule has 1 fully saturated rings. The molecule has 1 heterocycles. The Labute approximate surface area is 474 Å². The zero-order valence-electron chi connectivity index (χ0n) is 50.6. The maximum atomic E-state index is 13.4. The first-order chi connectivity index (χ1) is 37.7. The third-order valence-electron chi connectivity index (χ3n) is 16.2. The molecule has 0 aliphatic carbocycles. The number of hydrogen-bond donors (Lipinski definition) is 6. The van der Waals surface area contributed by atoms with E-state index in [9.17, 15) is 35.1 Å². The number of carbonyl (C=O) groups is 2. The van der Waals surface area contributed by atoms with Crippen LogP contribution in [0.5, 0.6) is 0 Å². The van der Waals surface area contributed by atoms with Gasteiger partial charge in [0.2, 0.25) is 5.91 Å². The van der Waals surface area contributed by atoms with Gasteiger partial charge in [-0.3, -0.25) is 9.59 Å². The number of aliphatic hydroxyl groups is 5. The fourth-order valence-electron chi connectivity index (χ4n) is 10.9. The summed E-state index contributed by atoms with van der Waals surface area (Å²) in [5, 5.41) is 57.0. The molecule has 0 radical (unpaired) electrons. The van der Waals surface area contributed by atoms with Crippen LogP contribution in [0.4, 0.5) is 0 Å². The molecule has 0 aromatic rings. The van der Waals surface area contributed by atoms with Crippen LogP contribution in [0.15, 0.2) is 12.2 Å². The molecule has 0 aromatic heterocycles. The van der Waals surface area contributed by atoms with Crippen molar-refractivity contribution in [2.45, 2.75) is 384 Å². The van der Waals surface area contributed by atoms with E-state index in [1.807, 2.05) is 6.08 Å². The highest BCUT2D eigenvalue weighted by molar-refractivity contribution is 5.80. The molecule has 6 N–H and O–H groups in total. The monoisotopic (exact) mass is 1090 g/mol. The minimum absolute atomic E-state index is 0.132. The Morgan fingerprint density at radius 2 is 0.844 bits per heavy atom. The van der Waals surface area contributed by atoms with Crippen LogP contribution in [0.1, 0.15) is 335 Å². The van der Waals surface area contributed by atoms with E-state index in [0.29, 0.717) is 19.3 Å². The minimum atomic E-state index is -1.61. The molecule has 77 heavy (non-hydrogen) atoms. The van der Waals surface area contributed by atoms with Gasteiger partial charge < -0.3 is 45.1 Å². The van der Waals surface area contributed by atoms with Crippen molar-refractivity contribution in [1.82, 2.24) is 5.32 Å². The number of esters is 1. The first kappa shape index (κ1) is 73.4. The van der Waals surface area contributed by atoms with E-state index in [1.165, 1.54) is 231 Å². The molecule has 1 aliphatic heterocycles. The second-order valence-corrected chi connectivity index (χ2v) is 23.6. The van der Waals surface area contributed by atoms with Crippen molar-refractivity contribution >= 4 is 11.9 Å². The van der Waals surface area contributed by atoms with Gasteiger partial charge in [0.25, 0.3) is 0 Å². The zero-order chi connectivity index (χ0) is 56.1. The molecule has 0 aromatic carbocycles. The molecule has 456 valence electrons. The number of hydrogen-bond acceptors (Lipinski definition) is 10. The second-order valence-electron chi connectivity index (χ2n) is 23.6. The highest BCUT2D eigenvalue weighted by Gasteiger charge is 2.47. The van der Waals surface area contributed by atoms with E-state index in [1.54, 1.807) is 6.08 Å². The molecule has 0 bridgehead atoms. The van der Waals surface area contributed by atoms with Crippen LogP contribution in [0.25, 0.3) is 0 Å². The summed E-state index contributed by atoms with van der Waals surface area (Å²) in [6.45, 7) is 5.83. The average Bonchev–Trinajstić information content (AvgIpc) is 3.43. The van der Waals surface area contributed by atoms with E-state index in [-0.39, 0.29) is 13.0 Å². The van der Waals surface area contributed by atoms with Gasteiger partial charge in [0.1, 0.15) is 24.4 Å². The van der Waals surface area contributed by atoms with Gasteiger partial charge in [0.05, 0.1) is 25.4 Å². The molecule has 8 atom stereocenters. The molecular weight excluding hydrogens is 967 g/mol. The lowest BCUT2D eigenvalue weighted by atomic mass is 9.99. The highest BCUT2D eigenvalue weighted by atomic mass is 16.7. The van der Waals surface area contributed by atoms with E-state index in [4.69, 9.17) is 14.2 Å². The summed E-state index contributed by atoms with van der Waals surface area (Å²) in [6.07, 6.45) is 52.6. The number of nitrogens with one attached hydrogen (secondary N) is 1. The number of unbranched alkanes of at least 4 members (excludes halogenated alkanes) is 44. The van der Waals surface area contributed by atoms with E-state index < -0.39 is 67.4 Å². The summed E-state index contributed by atoms with van der Waals surface area (Å²) < 4.78 is 17.7. The molecule has 8 unspecified atom stereocenters. The molecule has 0 saturated carbocycles. The topological polar surface area (TPSA) is 175 Å². The molecule has 1 amide bonds. The van der Waals surface area contributed by atoms with Gasteiger partial charge in [0, 0.05) is 6.42 Å². The van der Waals surface area contributed by atoms with Crippen LogP contribution in [-0.4, -0.2) is 99.6 Å². The van der Waals surface area contributed by atoms with Crippen molar-refractivity contribution in [2.24, 2.45) is 0 Å². The highest BCUT2D eigenvalue weighted by Crippen LogP contribution is 2.26. The Kier molecular flexibility index (Phi) is 52.4. The molecular formula is C66H127NO10. The normalized spacial score (nSPS) is 19.0. The molecule has 1 aliphatic rings. The predicted octanol–water partition coefficient (Wildman–Crippen LogP) is 16.3. The van der Waals surface area contributed by atoms with E-state index >= 15 is 0 Å². The number of rotatable bonds is 58. The number of allylic oxidation sites excluding steroid dienone is 1. The molecule has 0 spiro atoms. The van der Waals surface area contributed by atoms with Crippen LogP contribution in [0.2, 0.25) is 0 Å². The van der Waals surface area contributed by atoms with Crippen molar-refractivity contribution < 1.29 is 49.3 Å². The number of amides is 1. The molecule has 11 heteroatoms. The van der Waals surface area contributed by atoms with Gasteiger partial charge in [-0.05, 0) is 25.7 Å². The maximum absolute atomic E-state index is 13.4. The van der Waals surface area contributed by atoms with Crippen molar-refractivity contribution in [3.8, 4) is 0 Å². The SMILES string of the molecule is CCCCCCCCCCCCC/C=C/C(O)C(COC1OC(CO)C(O)C(O)C1OC(=O)CCCCCCCCCCCCCCCCCCCCCCCCC)NC(=O)C(O)CCCCCCCCCCCCCC. The maximum Gasteiger partial charge on any atom is 0.306 e. The summed E-state index contributed by atoms with van der Waals surface area (Å²) in [7, 11) is 0. The fraction of sp³-hybridized carbons (Fsp3) is 0.939. The predicted molar refractivity (Wildman–Crippen MR) is 320 cm³/mol. The third-order valence-corrected chi connectivity index (χ3v) is 16.2. The Morgan fingerprint density at radius 3 is 1.22 bits per heavy atom. The summed E-state index contributed by atoms with van der Waals surface area (Å²) >= 11 is 0. The average molecular weight is 1090 g/mol. The van der Waals surface area contributed by atoms with Gasteiger partial charge >= 0.3 is 5.97 Å². The number of aliphatic hydroxyl groups excluding tert-OH is 5. The Morgan fingerprint density at radius 1 is 0.494 bits per heavy atom. The van der Waals surface area contributed by atoms with Gasteiger partial charge in [-0.1, -0.05) is 315 Å². The summed E-state index contributed by atoms with van der Waals surface area (Å²) in [4.78, 5) is 26.6. The van der Waals surface area contributed by atoms with Gasteiger partial charge in [0.15, 0.2) is 12.4 Å². The smallest absolute Gasteiger partial charge is 0.306 e. The lowest BCUT2D eigenvalue weighted by Gasteiger charge is -2.41. The number of carbonyl (C=O) groups excluding carboxylic acids is 2. The van der Waals surface area contributed by atoms with Gasteiger partial charge in [-0.25, -0.2) is 0 Å². The molecule has 11 nitrogen and oxygen atoms in total. The standard InChI is InChI=1S/C66H127NO10/c1-4-7-10-13-16-19-22-25-26-27-28-29-30-31-32-33-34-36-39-42-45-48-51-54-61(71)77-64-63(73)62(72)60(55-68)76-66(64)75-56-57(58(69)52-49-46-43-40-38-35-23-20-17-14-11-8-5-2)67-65(74)59(70)53-50-47-44-41-37-24-21-18-15-12-9-6-3/h49,52,57-60,62-64,66,68-70,72-73H,4-48,50-51,53-56H2,1-3H3,(H,67,74)/b52-49+. The van der Waals surface area contributed by atoms with Crippen LogP contribution in [0.3, 0.4) is 0 Å². The van der Waals surface area contributed by atoms with Crippen LogP contribution in [0, 0.1) is 0 Å².